The Morgan fingerprint density at radius 2 is 1.20 bits per heavy atom. The van der Waals surface area contributed by atoms with Gasteiger partial charge in [-0.15, -0.1) is 0 Å². The predicted octanol–water partition coefficient (Wildman–Crippen LogP) is 0.574. The largest absolute Gasteiger partial charge is 0 e. The van der Waals surface area contributed by atoms with E-state index in [4.69, 9.17) is 0 Å². The van der Waals surface area contributed by atoms with E-state index in [0.29, 0.717) is 0 Å². The van der Waals surface area contributed by atoms with Crippen molar-refractivity contribution >= 4 is 0 Å². The maximum Gasteiger partial charge on any atom is 0 e. The zero-order valence-electron chi connectivity index (χ0n) is 2.46. The summed E-state index contributed by atoms with van der Waals surface area (Å²) < 4.78 is 0. The molecular weight excluding hydrogens is 365 g/mol. The van der Waals surface area contributed by atoms with Gasteiger partial charge in [0.2, 0.25) is 0 Å². The molecule has 0 aliphatic carbocycles. The molecule has 0 spiro atoms. The summed E-state index contributed by atoms with van der Waals surface area (Å²) in [6.45, 7) is 0. The van der Waals surface area contributed by atoms with E-state index in [2.05, 4.69) is 16.0 Å². The Hall–Kier alpha value is 2.22. The van der Waals surface area contributed by atoms with Gasteiger partial charge in [0.25, 0.3) is 0 Å². The molecule has 0 saturated heterocycles. The first-order valence-corrected chi connectivity index (χ1v) is 1.46. The summed E-state index contributed by atoms with van der Waals surface area (Å²) in [5, 5.41) is 0. The summed E-state index contributed by atoms with van der Waals surface area (Å²) >= 11 is 3.25. The van der Waals surface area contributed by atoms with Crippen molar-refractivity contribution in [3.8, 4) is 0 Å². The first kappa shape index (κ1) is 26.9. The molecule has 0 rings (SSSR count). The van der Waals surface area contributed by atoms with E-state index in [9.17, 15) is 0 Å². The molecule has 0 nitrogen and oxygen atoms in total. The van der Waals surface area contributed by atoms with Gasteiger partial charge in [-0.25, -0.2) is 0 Å². The Bertz CT molecular complexity index is 11.6. The van der Waals surface area contributed by atoms with Gasteiger partial charge in [0, 0.05) is 54.6 Å². The fourth-order valence-electron chi connectivity index (χ4n) is 0. The standard InChI is InChI=1S/CH3.Fe.Mn.Ni.W/h1H3;;;;. The molecule has 0 aliphatic rings. The van der Waals surface area contributed by atoms with E-state index in [1.165, 1.54) is 0 Å². The van der Waals surface area contributed by atoms with Gasteiger partial charge >= 0.3 is 21.8 Å². The third-order valence-electron chi connectivity index (χ3n) is 0. The Morgan fingerprint density at radius 1 is 1.20 bits per heavy atom. The molecule has 0 atom stereocenters. The van der Waals surface area contributed by atoms with Crippen LogP contribution in [0.25, 0.3) is 0 Å². The zero-order chi connectivity index (χ0) is 2.00. The Balaban J connectivity index is -0.00000000167. The van der Waals surface area contributed by atoms with Crippen molar-refractivity contribution in [1.82, 2.24) is 0 Å². The summed E-state index contributed by atoms with van der Waals surface area (Å²) in [7, 11) is 0. The van der Waals surface area contributed by atoms with Crippen molar-refractivity contribution in [1.29, 1.82) is 0 Å². The molecule has 4 heteroatoms. The molecule has 0 aromatic carbocycles. The van der Waals surface area contributed by atoms with Gasteiger partial charge in [0.05, 0.1) is 0 Å². The van der Waals surface area contributed by atoms with Gasteiger partial charge in [-0.05, 0) is 0 Å². The van der Waals surface area contributed by atoms with Crippen LogP contribution in [-0.2, 0) is 70.6 Å². The average Bonchev–Trinajstić information content (AvgIpc) is 1.00. The van der Waals surface area contributed by atoms with Gasteiger partial charge in [-0.3, -0.25) is 0 Å². The topological polar surface area (TPSA) is 0 Å². The molecule has 0 N–H and O–H groups in total. The minimum Gasteiger partial charge on any atom is 0 e. The molecule has 0 amide bonds. The van der Waals surface area contributed by atoms with E-state index >= 15 is 0 Å². The first-order valence-electron chi connectivity index (χ1n) is 0.354. The average molecular weight is 368 g/mol. The van der Waals surface area contributed by atoms with Gasteiger partial charge in [0.1, 0.15) is 0 Å². The molecule has 0 bridgehead atoms. The van der Waals surface area contributed by atoms with Gasteiger partial charge in [-0.1, -0.05) is 0 Å². The van der Waals surface area contributed by atoms with Crippen LogP contribution in [0.5, 0.6) is 0 Å². The molecule has 5 heavy (non-hydrogen) atoms. The van der Waals surface area contributed by atoms with Crippen LogP contribution in [0, 0.1) is 0 Å². The second-order valence-electron chi connectivity index (χ2n) is 0. The minimum atomic E-state index is 0. The number of rotatable bonds is 0. The third-order valence-corrected chi connectivity index (χ3v) is 0. The van der Waals surface area contributed by atoms with E-state index in [1.807, 2.05) is 0 Å². The van der Waals surface area contributed by atoms with Crippen LogP contribution in [0.1, 0.15) is 0 Å². The maximum absolute atomic E-state index is 3.25. The Morgan fingerprint density at radius 3 is 1.20 bits per heavy atom. The smallest absolute Gasteiger partial charge is 0 e. The van der Waals surface area contributed by atoms with Crippen LogP contribution < -0.4 is 0 Å². The molecule has 0 aliphatic heterocycles. The summed E-state index contributed by atoms with van der Waals surface area (Å²) in [4.78, 5) is 0. The van der Waals surface area contributed by atoms with Crippen molar-refractivity contribution in [2.45, 2.75) is 5.82 Å². The van der Waals surface area contributed by atoms with Crippen molar-refractivity contribution < 1.29 is 70.6 Å². The van der Waals surface area contributed by atoms with Gasteiger partial charge < -0.3 is 0 Å². The number of hydrogen-bond acceptors (Lipinski definition) is 0. The van der Waals surface area contributed by atoms with Crippen LogP contribution in [0.15, 0.2) is 0 Å². The Kier molecular flexibility index (Phi) is 185. The molecule has 0 fully saturated rings. The van der Waals surface area contributed by atoms with E-state index < -0.39 is 0 Å². The molecule has 0 aromatic heterocycles. The van der Waals surface area contributed by atoms with Crippen LogP contribution in [0.3, 0.4) is 0 Å². The molecule has 0 heterocycles. The summed E-state index contributed by atoms with van der Waals surface area (Å²) in [6, 6.07) is 0. The SMILES string of the molecule is [CH3][Fe].[Mn].[Ni].[W]. The minimum absolute atomic E-state index is 0. The Labute approximate surface area is 75.7 Å². The number of hydrogen-bond donors (Lipinski definition) is 0. The second-order valence-corrected chi connectivity index (χ2v) is 0. The summed E-state index contributed by atoms with van der Waals surface area (Å²) in [6.07, 6.45) is 0. The molecule has 0 unspecified atom stereocenters. The van der Waals surface area contributed by atoms with Crippen LogP contribution in [0.2, 0.25) is 5.82 Å². The van der Waals surface area contributed by atoms with Crippen molar-refractivity contribution in [2.24, 2.45) is 0 Å². The van der Waals surface area contributed by atoms with Gasteiger partial charge in [0.15, 0.2) is 0 Å². The monoisotopic (exact) mass is 368 g/mol. The van der Waals surface area contributed by atoms with E-state index in [1.54, 1.807) is 5.82 Å². The quantitative estimate of drug-likeness (QED) is 0.549. The normalized spacial score (nSPS) is 1.20. The van der Waals surface area contributed by atoms with Crippen LogP contribution in [-0.4, -0.2) is 0 Å². The third kappa shape index (κ3) is 22.5. The predicted molar refractivity (Wildman–Crippen MR) is 5.86 cm³/mol. The van der Waals surface area contributed by atoms with Crippen molar-refractivity contribution in [3.05, 3.63) is 0 Å². The second kappa shape index (κ2) is 34.4. The fraction of sp³-hybridized carbons (Fsp3) is 1.00. The summed E-state index contributed by atoms with van der Waals surface area (Å²) in [5.74, 6) is 1.75. The maximum atomic E-state index is 3.25. The summed E-state index contributed by atoms with van der Waals surface area (Å²) in [5.41, 5.74) is 0. The molecule has 0 saturated carbocycles. The van der Waals surface area contributed by atoms with Crippen molar-refractivity contribution in [3.63, 3.8) is 0 Å². The molecule has 38 valence electrons. The first-order chi connectivity index (χ1) is 1.00. The molecule has 0 aromatic rings. The molecule has 1 radical (unpaired) electrons. The van der Waals surface area contributed by atoms with Crippen molar-refractivity contribution in [2.75, 3.05) is 0 Å². The zero-order valence-corrected chi connectivity index (χ0v) is 8.66. The van der Waals surface area contributed by atoms with Gasteiger partial charge in [-0.2, -0.15) is 0 Å². The van der Waals surface area contributed by atoms with E-state index in [0.717, 1.165) is 0 Å². The van der Waals surface area contributed by atoms with E-state index in [-0.39, 0.29) is 54.6 Å². The molecular formula is CH3FeMnNiW. The van der Waals surface area contributed by atoms with Crippen LogP contribution in [0.4, 0.5) is 0 Å². The van der Waals surface area contributed by atoms with Crippen LogP contribution >= 0.6 is 0 Å². The fourth-order valence-corrected chi connectivity index (χ4v) is 0.